The number of carbonyl (C=O) groups is 1. The monoisotopic (exact) mass is 381 g/mol. The summed E-state index contributed by atoms with van der Waals surface area (Å²) in [6.45, 7) is 1.74. The second kappa shape index (κ2) is 8.65. The maximum absolute atomic E-state index is 13.2. The van der Waals surface area contributed by atoms with E-state index in [-0.39, 0.29) is 28.5 Å². The highest BCUT2D eigenvalue weighted by Gasteiger charge is 2.18. The van der Waals surface area contributed by atoms with Crippen molar-refractivity contribution in [2.75, 3.05) is 6.61 Å². The number of benzene rings is 2. The molecule has 0 aliphatic carbocycles. The predicted octanol–water partition coefficient (Wildman–Crippen LogP) is 5.37. The molecule has 4 nitrogen and oxygen atoms in total. The largest absolute Gasteiger partial charge is 0.506 e. The number of halogens is 3. The number of esters is 1. The van der Waals surface area contributed by atoms with E-state index in [1.807, 2.05) is 0 Å². The molecular formula is C18H14Cl2FNO3. The summed E-state index contributed by atoms with van der Waals surface area (Å²) in [5.41, 5.74) is 0.256. The smallest absolute Gasteiger partial charge is 0.343 e. The van der Waals surface area contributed by atoms with Gasteiger partial charge in [0, 0.05) is 16.8 Å². The van der Waals surface area contributed by atoms with Gasteiger partial charge in [-0.15, -0.1) is 0 Å². The van der Waals surface area contributed by atoms with E-state index < -0.39 is 17.5 Å². The van der Waals surface area contributed by atoms with Crippen LogP contribution in [0, 0.1) is 5.82 Å². The number of hydrogen-bond donors (Lipinski definition) is 1. The van der Waals surface area contributed by atoms with Crippen molar-refractivity contribution in [3.8, 4) is 0 Å². The third kappa shape index (κ3) is 5.05. The summed E-state index contributed by atoms with van der Waals surface area (Å²) < 4.78 is 18.2. The van der Waals surface area contributed by atoms with Crippen molar-refractivity contribution in [3.63, 3.8) is 0 Å². The standard InChI is InChI=1S/C18H14Cl2FNO3/c1-2-25-18(24)15(10-22-13-5-3-4-12(21)9-13)17(23)14-7-6-11(19)8-16(14)20/h3-10,23H,2H2,1H3. The normalized spacial score (nSPS) is 12.2. The molecule has 2 rings (SSSR count). The number of carbonyl (C=O) groups excluding carboxylic acids is 1. The zero-order valence-corrected chi connectivity index (χ0v) is 14.7. The molecule has 0 aliphatic heterocycles. The van der Waals surface area contributed by atoms with Crippen LogP contribution in [0.15, 0.2) is 53.0 Å². The number of aliphatic hydroxyl groups excluding tert-OH is 1. The maximum atomic E-state index is 13.2. The number of aliphatic hydroxyl groups is 1. The molecule has 0 spiro atoms. The highest BCUT2D eigenvalue weighted by atomic mass is 35.5. The van der Waals surface area contributed by atoms with Crippen molar-refractivity contribution >= 4 is 46.8 Å². The Balaban J connectivity index is 2.49. The molecule has 0 bridgehead atoms. The molecule has 1 N–H and O–H groups in total. The van der Waals surface area contributed by atoms with E-state index in [1.54, 1.807) is 13.0 Å². The fourth-order valence-electron chi connectivity index (χ4n) is 1.94. The molecule has 0 heterocycles. The van der Waals surface area contributed by atoms with Crippen LogP contribution in [0.1, 0.15) is 12.5 Å². The van der Waals surface area contributed by atoms with Crippen LogP contribution in [-0.2, 0) is 9.53 Å². The van der Waals surface area contributed by atoms with E-state index in [4.69, 9.17) is 27.9 Å². The van der Waals surface area contributed by atoms with Gasteiger partial charge in [0.25, 0.3) is 0 Å². The summed E-state index contributed by atoms with van der Waals surface area (Å²) in [6.07, 6.45) is 1.10. The first-order chi connectivity index (χ1) is 11.9. The van der Waals surface area contributed by atoms with Gasteiger partial charge in [0.15, 0.2) is 0 Å². The molecule has 0 aliphatic rings. The Labute approximate surface area is 154 Å². The van der Waals surface area contributed by atoms with Crippen molar-refractivity contribution in [2.45, 2.75) is 6.92 Å². The van der Waals surface area contributed by atoms with Gasteiger partial charge in [0.1, 0.15) is 17.1 Å². The van der Waals surface area contributed by atoms with Crippen LogP contribution in [0.2, 0.25) is 10.0 Å². The molecule has 0 aromatic heterocycles. The molecule has 7 heteroatoms. The Morgan fingerprint density at radius 1 is 1.28 bits per heavy atom. The first-order valence-corrected chi connectivity index (χ1v) is 8.03. The average Bonchev–Trinajstić information content (AvgIpc) is 2.55. The molecule has 130 valence electrons. The van der Waals surface area contributed by atoms with E-state index in [1.165, 1.54) is 36.4 Å². The van der Waals surface area contributed by atoms with E-state index >= 15 is 0 Å². The van der Waals surface area contributed by atoms with Crippen molar-refractivity contribution in [1.29, 1.82) is 0 Å². The molecule has 0 amide bonds. The third-order valence-electron chi connectivity index (χ3n) is 3.09. The minimum Gasteiger partial charge on any atom is -0.506 e. The second-order valence-corrected chi connectivity index (χ2v) is 5.69. The average molecular weight is 382 g/mol. The Morgan fingerprint density at radius 2 is 2.04 bits per heavy atom. The summed E-state index contributed by atoms with van der Waals surface area (Å²) in [4.78, 5) is 16.2. The minimum atomic E-state index is -0.786. The van der Waals surface area contributed by atoms with Gasteiger partial charge >= 0.3 is 5.97 Å². The van der Waals surface area contributed by atoms with Gasteiger partial charge in [-0.05, 0) is 43.3 Å². The number of nitrogens with zero attached hydrogens (tertiary/aromatic N) is 1. The summed E-state index contributed by atoms with van der Waals surface area (Å²) in [7, 11) is 0. The Hall–Kier alpha value is -2.37. The van der Waals surface area contributed by atoms with E-state index in [0.717, 1.165) is 6.21 Å². The third-order valence-corrected chi connectivity index (χ3v) is 3.64. The zero-order valence-electron chi connectivity index (χ0n) is 13.2. The predicted molar refractivity (Wildman–Crippen MR) is 97.2 cm³/mol. The van der Waals surface area contributed by atoms with E-state index in [2.05, 4.69) is 4.99 Å². The van der Waals surface area contributed by atoms with Gasteiger partial charge in [-0.2, -0.15) is 0 Å². The topological polar surface area (TPSA) is 58.9 Å². The summed E-state index contributed by atoms with van der Waals surface area (Å²) in [6, 6.07) is 9.90. The molecule has 0 fully saturated rings. The molecule has 0 unspecified atom stereocenters. The zero-order chi connectivity index (χ0) is 18.4. The summed E-state index contributed by atoms with van der Waals surface area (Å²) in [5, 5.41) is 11.0. The van der Waals surface area contributed by atoms with Gasteiger partial charge in [-0.1, -0.05) is 29.3 Å². The molecule has 2 aromatic rings. The molecular weight excluding hydrogens is 368 g/mol. The Morgan fingerprint density at radius 3 is 2.68 bits per heavy atom. The number of aliphatic imine (C=N–C) groups is 1. The molecule has 25 heavy (non-hydrogen) atoms. The van der Waals surface area contributed by atoms with Crippen molar-refractivity contribution in [2.24, 2.45) is 4.99 Å². The van der Waals surface area contributed by atoms with Crippen LogP contribution in [0.3, 0.4) is 0 Å². The lowest BCUT2D eigenvalue weighted by Crippen LogP contribution is -2.11. The first-order valence-electron chi connectivity index (χ1n) is 7.27. The summed E-state index contributed by atoms with van der Waals surface area (Å²) >= 11 is 11.9. The van der Waals surface area contributed by atoms with Gasteiger partial charge < -0.3 is 9.84 Å². The second-order valence-electron chi connectivity index (χ2n) is 4.84. The highest BCUT2D eigenvalue weighted by Crippen LogP contribution is 2.28. The number of ether oxygens (including phenoxy) is 1. The van der Waals surface area contributed by atoms with Gasteiger partial charge in [-0.25, -0.2) is 9.18 Å². The van der Waals surface area contributed by atoms with Crippen LogP contribution in [0.25, 0.3) is 5.76 Å². The highest BCUT2D eigenvalue weighted by molar-refractivity contribution is 6.36. The lowest BCUT2D eigenvalue weighted by Gasteiger charge is -2.08. The summed E-state index contributed by atoms with van der Waals surface area (Å²) in [5.74, 6) is -1.67. The van der Waals surface area contributed by atoms with Crippen LogP contribution >= 0.6 is 23.2 Å². The molecule has 2 aromatic carbocycles. The number of hydrogen-bond acceptors (Lipinski definition) is 4. The van der Waals surface area contributed by atoms with E-state index in [0.29, 0.717) is 5.02 Å². The van der Waals surface area contributed by atoms with Crippen LogP contribution in [0.4, 0.5) is 10.1 Å². The quantitative estimate of drug-likeness (QED) is 0.328. The minimum absolute atomic E-state index is 0.109. The lowest BCUT2D eigenvalue weighted by molar-refractivity contribution is -0.137. The van der Waals surface area contributed by atoms with Gasteiger partial charge in [0.05, 0.1) is 17.3 Å². The lowest BCUT2D eigenvalue weighted by atomic mass is 10.1. The fourth-order valence-corrected chi connectivity index (χ4v) is 2.44. The molecule has 0 atom stereocenters. The van der Waals surface area contributed by atoms with Crippen molar-refractivity contribution in [3.05, 3.63) is 69.5 Å². The van der Waals surface area contributed by atoms with Crippen molar-refractivity contribution in [1.82, 2.24) is 0 Å². The van der Waals surface area contributed by atoms with Crippen molar-refractivity contribution < 1.29 is 19.0 Å². The molecule has 0 radical (unpaired) electrons. The van der Waals surface area contributed by atoms with E-state index in [9.17, 15) is 14.3 Å². The first kappa shape index (κ1) is 19.0. The maximum Gasteiger partial charge on any atom is 0.343 e. The Kier molecular flexibility index (Phi) is 6.56. The van der Waals surface area contributed by atoms with Crippen LogP contribution < -0.4 is 0 Å². The van der Waals surface area contributed by atoms with Crippen LogP contribution in [0.5, 0.6) is 0 Å². The molecule has 0 saturated carbocycles. The SMILES string of the molecule is CCOC(=O)C(C=Nc1cccc(F)c1)=C(O)c1ccc(Cl)cc1Cl. The molecule has 0 saturated heterocycles. The Bertz CT molecular complexity index is 850. The fraction of sp³-hybridized carbons (Fsp3) is 0.111. The van der Waals surface area contributed by atoms with Gasteiger partial charge in [-0.3, -0.25) is 4.99 Å². The van der Waals surface area contributed by atoms with Crippen LogP contribution in [-0.4, -0.2) is 23.9 Å². The van der Waals surface area contributed by atoms with Gasteiger partial charge in [0.2, 0.25) is 0 Å². The number of rotatable bonds is 5.